The summed E-state index contributed by atoms with van der Waals surface area (Å²) >= 11 is 0. The van der Waals surface area contributed by atoms with Crippen molar-refractivity contribution in [1.82, 2.24) is 0 Å². The van der Waals surface area contributed by atoms with Gasteiger partial charge in [-0.2, -0.15) is 29.0 Å². The molecule has 0 aromatic heterocycles. The molecule has 0 saturated heterocycles. The second kappa shape index (κ2) is 3.92. The summed E-state index contributed by atoms with van der Waals surface area (Å²) in [7, 11) is 0. The van der Waals surface area contributed by atoms with E-state index in [2.05, 4.69) is 0 Å². The lowest BCUT2D eigenvalue weighted by atomic mass is 9.98. The third-order valence-electron chi connectivity index (χ3n) is 1.85. The second-order valence-electron chi connectivity index (χ2n) is 2.74. The van der Waals surface area contributed by atoms with Crippen molar-refractivity contribution in [2.75, 3.05) is 0 Å². The van der Waals surface area contributed by atoms with E-state index in [9.17, 15) is 13.2 Å². The van der Waals surface area contributed by atoms with Crippen molar-refractivity contribution in [2.24, 2.45) is 0 Å². The monoisotopic (exact) mass is 221 g/mol. The number of rotatable bonds is 0. The van der Waals surface area contributed by atoms with Crippen LogP contribution in [0.4, 0.5) is 13.2 Å². The highest BCUT2D eigenvalue weighted by Crippen LogP contribution is 2.33. The highest BCUT2D eigenvalue weighted by molar-refractivity contribution is 5.58. The molecule has 0 saturated carbocycles. The summed E-state index contributed by atoms with van der Waals surface area (Å²) in [5.41, 5.74) is -2.80. The minimum atomic E-state index is -4.72. The van der Waals surface area contributed by atoms with Crippen molar-refractivity contribution in [3.05, 3.63) is 34.4 Å². The molecule has 78 valence electrons. The zero-order valence-corrected chi connectivity index (χ0v) is 7.63. The van der Waals surface area contributed by atoms with Crippen LogP contribution in [-0.2, 0) is 6.18 Å². The van der Waals surface area contributed by atoms with Crippen molar-refractivity contribution in [1.29, 1.82) is 15.8 Å². The first-order chi connectivity index (χ1) is 7.45. The molecule has 0 atom stereocenters. The fraction of sp³-hybridized carbons (Fsp3) is 0.100. The molecular formula is C10H2F3N3. The van der Waals surface area contributed by atoms with Gasteiger partial charge in [-0.1, -0.05) is 0 Å². The van der Waals surface area contributed by atoms with Gasteiger partial charge in [0.1, 0.15) is 18.2 Å². The first-order valence-electron chi connectivity index (χ1n) is 3.90. The maximum absolute atomic E-state index is 12.4. The van der Waals surface area contributed by atoms with Crippen LogP contribution in [0.3, 0.4) is 0 Å². The molecule has 0 fully saturated rings. The summed E-state index contributed by atoms with van der Waals surface area (Å²) in [6, 6.07) is 5.80. The maximum Gasteiger partial charge on any atom is 0.417 e. The Hall–Kier alpha value is -2.52. The minimum Gasteiger partial charge on any atom is -0.192 e. The molecule has 0 aliphatic heterocycles. The molecule has 1 rings (SSSR count). The van der Waals surface area contributed by atoms with Crippen LogP contribution in [0.15, 0.2) is 12.1 Å². The van der Waals surface area contributed by atoms with E-state index in [0.717, 1.165) is 6.07 Å². The topological polar surface area (TPSA) is 71.4 Å². The Kier molecular flexibility index (Phi) is 2.83. The van der Waals surface area contributed by atoms with Crippen LogP contribution >= 0.6 is 0 Å². The normalized spacial score (nSPS) is 10.0. The van der Waals surface area contributed by atoms with Crippen molar-refractivity contribution in [2.45, 2.75) is 6.18 Å². The Labute approximate surface area is 88.6 Å². The van der Waals surface area contributed by atoms with Gasteiger partial charge in [0, 0.05) is 0 Å². The van der Waals surface area contributed by atoms with E-state index in [4.69, 9.17) is 15.8 Å². The molecule has 1 aromatic rings. The first-order valence-corrected chi connectivity index (χ1v) is 3.90. The van der Waals surface area contributed by atoms with Gasteiger partial charge in [0.05, 0.1) is 22.3 Å². The standard InChI is InChI=1S/C10H2F3N3/c11-10(12,13)9-2-1-6(3-14)7(4-15)8(9)5-16/h1-2H. The lowest BCUT2D eigenvalue weighted by Crippen LogP contribution is -2.09. The average molecular weight is 221 g/mol. The second-order valence-corrected chi connectivity index (χ2v) is 2.74. The Morgan fingerprint density at radius 1 is 0.875 bits per heavy atom. The van der Waals surface area contributed by atoms with E-state index in [1.165, 1.54) is 12.1 Å². The van der Waals surface area contributed by atoms with E-state index >= 15 is 0 Å². The molecular weight excluding hydrogens is 219 g/mol. The molecule has 0 aliphatic rings. The van der Waals surface area contributed by atoms with E-state index in [1.807, 2.05) is 0 Å². The van der Waals surface area contributed by atoms with Gasteiger partial charge < -0.3 is 0 Å². The van der Waals surface area contributed by atoms with Gasteiger partial charge in [0.25, 0.3) is 0 Å². The van der Waals surface area contributed by atoms with Crippen LogP contribution in [0.1, 0.15) is 22.3 Å². The third-order valence-corrected chi connectivity index (χ3v) is 1.85. The molecule has 0 N–H and O–H groups in total. The fourth-order valence-electron chi connectivity index (χ4n) is 1.16. The molecule has 0 heterocycles. The third kappa shape index (κ3) is 1.80. The Morgan fingerprint density at radius 3 is 1.81 bits per heavy atom. The van der Waals surface area contributed by atoms with Crippen LogP contribution in [0.25, 0.3) is 0 Å². The van der Waals surface area contributed by atoms with Crippen LogP contribution in [-0.4, -0.2) is 0 Å². The zero-order valence-electron chi connectivity index (χ0n) is 7.63. The van der Waals surface area contributed by atoms with Crippen molar-refractivity contribution >= 4 is 0 Å². The van der Waals surface area contributed by atoms with E-state index in [0.29, 0.717) is 6.07 Å². The number of hydrogen-bond acceptors (Lipinski definition) is 3. The van der Waals surface area contributed by atoms with Gasteiger partial charge in [-0.3, -0.25) is 0 Å². The Balaban J connectivity index is 3.69. The van der Waals surface area contributed by atoms with E-state index in [1.54, 1.807) is 6.07 Å². The molecule has 0 aliphatic carbocycles. The molecule has 0 unspecified atom stereocenters. The molecule has 0 radical (unpaired) electrons. The lowest BCUT2D eigenvalue weighted by molar-refractivity contribution is -0.137. The number of hydrogen-bond donors (Lipinski definition) is 0. The molecule has 16 heavy (non-hydrogen) atoms. The van der Waals surface area contributed by atoms with Crippen LogP contribution in [0.2, 0.25) is 0 Å². The predicted octanol–water partition coefficient (Wildman–Crippen LogP) is 2.32. The number of nitrogens with zero attached hydrogens (tertiary/aromatic N) is 3. The average Bonchev–Trinajstić information content (AvgIpc) is 2.25. The zero-order chi connectivity index (χ0) is 12.3. The van der Waals surface area contributed by atoms with Gasteiger partial charge >= 0.3 is 6.18 Å². The number of nitriles is 3. The predicted molar refractivity (Wildman–Crippen MR) is 45.6 cm³/mol. The Morgan fingerprint density at radius 2 is 1.44 bits per heavy atom. The SMILES string of the molecule is N#Cc1ccc(C(F)(F)F)c(C#N)c1C#N. The molecule has 1 aromatic carbocycles. The van der Waals surface area contributed by atoms with E-state index in [-0.39, 0.29) is 5.56 Å². The summed E-state index contributed by atoms with van der Waals surface area (Å²) in [5.74, 6) is 0. The summed E-state index contributed by atoms with van der Waals surface area (Å²) < 4.78 is 37.3. The molecule has 3 nitrogen and oxygen atoms in total. The summed E-state index contributed by atoms with van der Waals surface area (Å²) in [5, 5.41) is 25.8. The first kappa shape index (κ1) is 11.6. The largest absolute Gasteiger partial charge is 0.417 e. The summed E-state index contributed by atoms with van der Waals surface area (Å²) in [6.45, 7) is 0. The summed E-state index contributed by atoms with van der Waals surface area (Å²) in [4.78, 5) is 0. The molecule has 0 bridgehead atoms. The molecule has 6 heteroatoms. The van der Waals surface area contributed by atoms with Crippen molar-refractivity contribution < 1.29 is 13.2 Å². The quantitative estimate of drug-likeness (QED) is 0.674. The molecule has 0 spiro atoms. The molecule has 0 amide bonds. The van der Waals surface area contributed by atoms with Gasteiger partial charge in [0.15, 0.2) is 0 Å². The number of alkyl halides is 3. The highest BCUT2D eigenvalue weighted by Gasteiger charge is 2.35. The van der Waals surface area contributed by atoms with Crippen LogP contribution in [0.5, 0.6) is 0 Å². The number of halogens is 3. The van der Waals surface area contributed by atoms with Crippen LogP contribution in [0, 0.1) is 34.0 Å². The summed E-state index contributed by atoms with van der Waals surface area (Å²) in [6.07, 6.45) is -4.72. The van der Waals surface area contributed by atoms with Crippen molar-refractivity contribution in [3.63, 3.8) is 0 Å². The minimum absolute atomic E-state index is 0.243. The van der Waals surface area contributed by atoms with Gasteiger partial charge in [-0.05, 0) is 12.1 Å². The Bertz CT molecular complexity index is 553. The van der Waals surface area contributed by atoms with E-state index < -0.39 is 22.9 Å². The van der Waals surface area contributed by atoms with Crippen LogP contribution < -0.4 is 0 Å². The van der Waals surface area contributed by atoms with Gasteiger partial charge in [-0.15, -0.1) is 0 Å². The number of benzene rings is 1. The highest BCUT2D eigenvalue weighted by atomic mass is 19.4. The van der Waals surface area contributed by atoms with Crippen molar-refractivity contribution in [3.8, 4) is 18.2 Å². The lowest BCUT2D eigenvalue weighted by Gasteiger charge is -2.09. The maximum atomic E-state index is 12.4. The fourth-order valence-corrected chi connectivity index (χ4v) is 1.16. The van der Waals surface area contributed by atoms with Gasteiger partial charge in [-0.25, -0.2) is 0 Å². The van der Waals surface area contributed by atoms with Gasteiger partial charge in [0.2, 0.25) is 0 Å². The smallest absolute Gasteiger partial charge is 0.192 e.